The second-order valence-electron chi connectivity index (χ2n) is 8.41. The van der Waals surface area contributed by atoms with E-state index in [0.29, 0.717) is 28.9 Å². The minimum absolute atomic E-state index is 0. The van der Waals surface area contributed by atoms with Crippen molar-refractivity contribution in [3.05, 3.63) is 22.4 Å². The highest BCUT2D eigenvalue weighted by Crippen LogP contribution is 2.48. The van der Waals surface area contributed by atoms with E-state index in [1.165, 1.54) is 0 Å². The Bertz CT molecular complexity index is 888. The van der Waals surface area contributed by atoms with Gasteiger partial charge in [-0.25, -0.2) is 9.67 Å². The predicted octanol–water partition coefficient (Wildman–Crippen LogP) is 4.45. The zero-order chi connectivity index (χ0) is 21.5. The number of hydrogen-bond acceptors (Lipinski definition) is 6. The number of aryl methyl sites for hydroxylation is 1. The van der Waals surface area contributed by atoms with Crippen molar-refractivity contribution < 1.29 is 9.26 Å². The second-order valence-corrected chi connectivity index (χ2v) is 10.0. The first-order valence-corrected chi connectivity index (χ1v) is 12.1. The molecule has 0 saturated carbocycles. The van der Waals surface area contributed by atoms with Crippen molar-refractivity contribution >= 4 is 19.3 Å². The van der Waals surface area contributed by atoms with Crippen LogP contribution in [0.5, 0.6) is 0 Å². The molecule has 3 rings (SSSR count). The lowest BCUT2D eigenvalue weighted by Gasteiger charge is -2.37. The standard InChI is InChI=1S/C20H34N5O3P.CH4/c1-9-16-13(6)17(28-29(8)25(11(2)3)12(4)5)20(27-16)24-18-15(10-21-24)19(26)23-14(7)22-18;/h10-13,16-17,20H,9H2,1-8H3,(H,22,23,26);1H4/t13?,16-,17+,20-,29?;/m1./s1. The maximum atomic E-state index is 12.3. The van der Waals surface area contributed by atoms with Gasteiger partial charge in [0.05, 0.1) is 12.3 Å². The molecule has 2 unspecified atom stereocenters. The molecule has 1 aliphatic heterocycles. The van der Waals surface area contributed by atoms with E-state index in [0.717, 1.165) is 6.42 Å². The van der Waals surface area contributed by atoms with E-state index in [-0.39, 0.29) is 31.1 Å². The average Bonchev–Trinajstić information content (AvgIpc) is 3.16. The minimum atomic E-state index is -0.819. The van der Waals surface area contributed by atoms with Crippen LogP contribution in [0.4, 0.5) is 0 Å². The monoisotopic (exact) mass is 439 g/mol. The molecule has 170 valence electrons. The van der Waals surface area contributed by atoms with Gasteiger partial charge in [0.15, 0.2) is 11.9 Å². The van der Waals surface area contributed by atoms with Crippen LogP contribution in [-0.4, -0.2) is 55.4 Å². The van der Waals surface area contributed by atoms with Gasteiger partial charge >= 0.3 is 0 Å². The summed E-state index contributed by atoms with van der Waals surface area (Å²) in [6.45, 7) is 17.0. The SMILES string of the molecule is C.CC[C@H]1O[C@@H](n2ncc3c(=O)[nH]c(C)nc32)[C@@H](OP(C)N(C(C)C)C(C)C)C1C. The summed E-state index contributed by atoms with van der Waals surface area (Å²) in [5, 5.41) is 4.95. The number of aromatic amines is 1. The Labute approximate surface area is 181 Å². The van der Waals surface area contributed by atoms with E-state index in [9.17, 15) is 4.79 Å². The highest BCUT2D eigenvalue weighted by atomic mass is 31.2. The van der Waals surface area contributed by atoms with Crippen LogP contribution in [0.1, 0.15) is 67.4 Å². The van der Waals surface area contributed by atoms with Crippen molar-refractivity contribution in [2.75, 3.05) is 6.66 Å². The molecule has 9 heteroatoms. The van der Waals surface area contributed by atoms with E-state index in [1.807, 2.05) is 0 Å². The normalized spacial score (nSPS) is 25.4. The zero-order valence-electron chi connectivity index (χ0n) is 18.7. The lowest BCUT2D eigenvalue weighted by molar-refractivity contribution is -0.0357. The van der Waals surface area contributed by atoms with Crippen LogP contribution in [0, 0.1) is 12.8 Å². The third kappa shape index (κ3) is 4.62. The van der Waals surface area contributed by atoms with E-state index in [4.69, 9.17) is 9.26 Å². The number of nitrogens with one attached hydrogen (secondary N) is 1. The quantitative estimate of drug-likeness (QED) is 0.642. The van der Waals surface area contributed by atoms with Gasteiger partial charge in [0.1, 0.15) is 25.6 Å². The Morgan fingerprint density at radius 3 is 2.53 bits per heavy atom. The van der Waals surface area contributed by atoms with Gasteiger partial charge in [0, 0.05) is 18.0 Å². The Kier molecular flexibility index (Phi) is 8.19. The summed E-state index contributed by atoms with van der Waals surface area (Å²) in [5.74, 6) is 0.766. The highest BCUT2D eigenvalue weighted by Gasteiger charge is 2.45. The Morgan fingerprint density at radius 1 is 1.33 bits per heavy atom. The number of hydrogen-bond donors (Lipinski definition) is 1. The number of ether oxygens (including phenoxy) is 1. The summed E-state index contributed by atoms with van der Waals surface area (Å²) in [5.41, 5.74) is 0.358. The van der Waals surface area contributed by atoms with E-state index < -0.39 is 14.5 Å². The molecule has 2 aromatic rings. The van der Waals surface area contributed by atoms with Crippen LogP contribution < -0.4 is 5.56 Å². The second kappa shape index (κ2) is 9.86. The van der Waals surface area contributed by atoms with Crippen LogP contribution >= 0.6 is 8.30 Å². The fourth-order valence-electron chi connectivity index (χ4n) is 4.37. The van der Waals surface area contributed by atoms with Gasteiger partial charge in [-0.15, -0.1) is 0 Å². The summed E-state index contributed by atoms with van der Waals surface area (Å²) in [6, 6.07) is 0.773. The molecule has 2 aromatic heterocycles. The number of rotatable bonds is 7. The molecule has 1 N–H and O–H groups in total. The number of aromatic nitrogens is 4. The van der Waals surface area contributed by atoms with E-state index in [1.54, 1.807) is 17.8 Å². The molecule has 0 spiro atoms. The van der Waals surface area contributed by atoms with Gasteiger partial charge in [0.2, 0.25) is 0 Å². The van der Waals surface area contributed by atoms with E-state index in [2.05, 4.69) is 67.9 Å². The Hall–Kier alpha value is -1.34. The first kappa shape index (κ1) is 24.9. The summed E-state index contributed by atoms with van der Waals surface area (Å²) in [4.78, 5) is 19.5. The molecule has 0 radical (unpaired) electrons. The molecule has 1 aliphatic rings. The molecule has 8 nitrogen and oxygen atoms in total. The smallest absolute Gasteiger partial charge is 0.262 e. The van der Waals surface area contributed by atoms with Crippen molar-refractivity contribution in [2.45, 2.75) is 92.8 Å². The lowest BCUT2D eigenvalue weighted by atomic mass is 9.99. The molecule has 5 atom stereocenters. The van der Waals surface area contributed by atoms with Crippen molar-refractivity contribution in [2.24, 2.45) is 5.92 Å². The molecule has 0 aromatic carbocycles. The topological polar surface area (TPSA) is 85.3 Å². The molecule has 0 amide bonds. The van der Waals surface area contributed by atoms with Crippen LogP contribution in [-0.2, 0) is 9.26 Å². The van der Waals surface area contributed by atoms with Crippen LogP contribution in [0.3, 0.4) is 0 Å². The first-order chi connectivity index (χ1) is 13.6. The van der Waals surface area contributed by atoms with E-state index >= 15 is 0 Å². The minimum Gasteiger partial charge on any atom is -0.350 e. The van der Waals surface area contributed by atoms with Gasteiger partial charge < -0.3 is 14.2 Å². The van der Waals surface area contributed by atoms with Crippen LogP contribution in [0.25, 0.3) is 11.0 Å². The summed E-state index contributed by atoms with van der Waals surface area (Å²) < 4.78 is 17.2. The van der Waals surface area contributed by atoms with Crippen molar-refractivity contribution in [3.63, 3.8) is 0 Å². The largest absolute Gasteiger partial charge is 0.350 e. The highest BCUT2D eigenvalue weighted by molar-refractivity contribution is 7.49. The van der Waals surface area contributed by atoms with Crippen molar-refractivity contribution in [3.8, 4) is 0 Å². The molecule has 1 saturated heterocycles. The van der Waals surface area contributed by atoms with Crippen LogP contribution in [0.15, 0.2) is 11.0 Å². The fourth-order valence-corrected chi connectivity index (χ4v) is 6.43. The van der Waals surface area contributed by atoms with Gasteiger partial charge in [-0.3, -0.25) is 9.46 Å². The summed E-state index contributed by atoms with van der Waals surface area (Å²) in [7, 11) is -0.819. The summed E-state index contributed by atoms with van der Waals surface area (Å²) >= 11 is 0. The summed E-state index contributed by atoms with van der Waals surface area (Å²) in [6.07, 6.45) is 1.95. The zero-order valence-corrected chi connectivity index (χ0v) is 19.6. The number of fused-ring (bicyclic) bond motifs is 1. The third-order valence-electron chi connectivity index (χ3n) is 5.58. The fraction of sp³-hybridized carbons (Fsp3) is 0.762. The molecule has 0 bridgehead atoms. The third-order valence-corrected chi connectivity index (χ3v) is 7.71. The number of H-pyrrole nitrogens is 1. The van der Waals surface area contributed by atoms with Crippen LogP contribution in [0.2, 0.25) is 0 Å². The lowest BCUT2D eigenvalue weighted by Crippen LogP contribution is -2.35. The van der Waals surface area contributed by atoms with Gasteiger partial charge in [-0.2, -0.15) is 5.10 Å². The molecule has 0 aliphatic carbocycles. The van der Waals surface area contributed by atoms with Gasteiger partial charge in [-0.1, -0.05) is 21.3 Å². The predicted molar refractivity (Wildman–Crippen MR) is 123 cm³/mol. The van der Waals surface area contributed by atoms with Crippen molar-refractivity contribution in [1.82, 2.24) is 24.4 Å². The number of nitrogens with zero attached hydrogens (tertiary/aromatic N) is 4. The Morgan fingerprint density at radius 2 is 1.97 bits per heavy atom. The van der Waals surface area contributed by atoms with Crippen molar-refractivity contribution in [1.29, 1.82) is 0 Å². The molecule has 1 fully saturated rings. The van der Waals surface area contributed by atoms with Gasteiger partial charge in [-0.05, 0) is 47.7 Å². The average molecular weight is 440 g/mol. The first-order valence-electron chi connectivity index (χ1n) is 10.4. The molecule has 30 heavy (non-hydrogen) atoms. The molecular formula is C21H38N5O3P. The molecule has 3 heterocycles. The molecular weight excluding hydrogens is 401 g/mol. The van der Waals surface area contributed by atoms with Gasteiger partial charge in [0.25, 0.3) is 5.56 Å². The maximum absolute atomic E-state index is 12.3. The Balaban J connectivity index is 0.00000320. The maximum Gasteiger partial charge on any atom is 0.262 e.